The van der Waals surface area contributed by atoms with Crippen LogP contribution in [0, 0.1) is 0 Å². The predicted octanol–water partition coefficient (Wildman–Crippen LogP) is 7.44. The minimum absolute atomic E-state index is 0.849. The number of thioether (sulfide) groups is 1. The van der Waals surface area contributed by atoms with Crippen LogP contribution in [0.25, 0.3) is 0 Å². The average molecular weight is 360 g/mol. The summed E-state index contributed by atoms with van der Waals surface area (Å²) in [5, 5.41) is 0. The molecule has 0 aromatic carbocycles. The molecular formula is C20H42OSSi. The smallest absolute Gasteiger partial charge is 0.183 e. The molecule has 0 saturated carbocycles. The van der Waals surface area contributed by atoms with Crippen molar-refractivity contribution in [3.8, 4) is 0 Å². The molecule has 0 heterocycles. The quantitative estimate of drug-likeness (QED) is 0.152. The first-order valence-electron chi connectivity index (χ1n) is 10.3. The van der Waals surface area contributed by atoms with Gasteiger partial charge in [-0.05, 0) is 51.1 Å². The Morgan fingerprint density at radius 3 is 2.30 bits per heavy atom. The van der Waals surface area contributed by atoms with Gasteiger partial charge < -0.3 is 4.43 Å². The fraction of sp³-hybridized carbons (Fsp3) is 0.900. The molecule has 0 spiro atoms. The van der Waals surface area contributed by atoms with Crippen molar-refractivity contribution in [1.29, 1.82) is 0 Å². The summed E-state index contributed by atoms with van der Waals surface area (Å²) >= 11 is 1.98. The summed E-state index contributed by atoms with van der Waals surface area (Å²) in [7, 11) is -1.30. The molecule has 0 aliphatic rings. The van der Waals surface area contributed by atoms with Gasteiger partial charge in [-0.3, -0.25) is 0 Å². The first-order chi connectivity index (χ1) is 11.5. The van der Waals surface area contributed by atoms with Crippen molar-refractivity contribution in [2.24, 2.45) is 0 Å². The van der Waals surface area contributed by atoms with Crippen molar-refractivity contribution in [2.45, 2.75) is 97.2 Å². The van der Waals surface area contributed by atoms with E-state index in [1.54, 1.807) is 0 Å². The number of hydrogen-bond donors (Lipinski definition) is 0. The Balaban J connectivity index is 3.29. The number of allylic oxidation sites excluding steroid dienone is 1. The summed E-state index contributed by atoms with van der Waals surface area (Å²) in [6.45, 7) is 9.97. The zero-order valence-corrected chi connectivity index (χ0v) is 18.1. The lowest BCUT2D eigenvalue weighted by Crippen LogP contribution is -2.25. The van der Waals surface area contributed by atoms with E-state index in [1.807, 2.05) is 11.8 Å². The van der Waals surface area contributed by atoms with Crippen LogP contribution in [-0.4, -0.2) is 26.4 Å². The Morgan fingerprint density at radius 1 is 0.913 bits per heavy atom. The van der Waals surface area contributed by atoms with E-state index < -0.39 is 8.32 Å². The maximum absolute atomic E-state index is 7.97. The molecule has 0 unspecified atom stereocenters. The zero-order chi connectivity index (χ0) is 18.1. The van der Waals surface area contributed by atoms with E-state index in [0.717, 1.165) is 24.8 Å². The van der Waals surface area contributed by atoms with E-state index in [-0.39, 0.29) is 0 Å². The van der Waals surface area contributed by atoms with Crippen molar-refractivity contribution in [3.05, 3.63) is 12.1 Å². The molecule has 1 nitrogen and oxygen atoms in total. The second kappa shape index (κ2) is 17.1. The molecule has 23 heavy (non-hydrogen) atoms. The minimum Gasteiger partial charge on any atom is -0.418 e. The van der Waals surface area contributed by atoms with Crippen molar-refractivity contribution in [2.75, 3.05) is 18.1 Å². The number of unbranched alkanes of at least 4 members (excludes halogenated alkanes) is 8. The van der Waals surface area contributed by atoms with Gasteiger partial charge in [-0.25, -0.2) is 0 Å². The van der Waals surface area contributed by atoms with Gasteiger partial charge in [0.05, 0.1) is 1.37 Å². The summed E-state index contributed by atoms with van der Waals surface area (Å²) in [6.07, 6.45) is 16.1. The molecule has 0 saturated heterocycles. The molecule has 0 radical (unpaired) electrons. The van der Waals surface area contributed by atoms with Crippen LogP contribution in [0.1, 0.15) is 78.9 Å². The van der Waals surface area contributed by atoms with Crippen LogP contribution in [0.5, 0.6) is 0 Å². The van der Waals surface area contributed by atoms with Gasteiger partial charge in [0, 0.05) is 12.4 Å². The zero-order valence-electron chi connectivity index (χ0n) is 17.3. The van der Waals surface area contributed by atoms with E-state index in [4.69, 9.17) is 5.80 Å². The van der Waals surface area contributed by atoms with E-state index in [1.165, 1.54) is 70.0 Å². The van der Waals surface area contributed by atoms with Crippen LogP contribution in [0.3, 0.4) is 0 Å². The summed E-state index contributed by atoms with van der Waals surface area (Å²) < 4.78 is 13.8. The van der Waals surface area contributed by atoms with Gasteiger partial charge >= 0.3 is 0 Å². The Labute approximate surface area is 153 Å². The third-order valence-corrected chi connectivity index (χ3v) is 5.79. The molecule has 0 aliphatic carbocycles. The van der Waals surface area contributed by atoms with Crippen LogP contribution in [-0.2, 0) is 4.43 Å². The summed E-state index contributed by atoms with van der Waals surface area (Å²) in [5.41, 5.74) is 0. The largest absolute Gasteiger partial charge is 0.418 e. The highest BCUT2D eigenvalue weighted by Gasteiger charge is 2.12. The number of rotatable bonds is 17. The van der Waals surface area contributed by atoms with Gasteiger partial charge in [0.1, 0.15) is 0 Å². The molecule has 0 aromatic rings. The van der Waals surface area contributed by atoms with Gasteiger partial charge in [-0.1, -0.05) is 64.0 Å². The molecular weight excluding hydrogens is 316 g/mol. The Kier molecular flexibility index (Phi) is 15.8. The molecule has 0 fully saturated rings. The SMILES string of the molecule is [2H]/C(=C/CSCCCCCCO[Si](C)(C)C)CCCCCCCC. The highest BCUT2D eigenvalue weighted by atomic mass is 32.2. The lowest BCUT2D eigenvalue weighted by atomic mass is 10.1. The fourth-order valence-corrected chi connectivity index (χ4v) is 3.92. The molecule has 0 aliphatic heterocycles. The van der Waals surface area contributed by atoms with Crippen LogP contribution < -0.4 is 0 Å². The molecule has 0 bridgehead atoms. The lowest BCUT2D eigenvalue weighted by Gasteiger charge is -2.16. The monoisotopic (exact) mass is 359 g/mol. The molecule has 0 N–H and O–H groups in total. The van der Waals surface area contributed by atoms with Gasteiger partial charge in [-0.15, -0.1) is 0 Å². The Morgan fingerprint density at radius 2 is 1.57 bits per heavy atom. The molecule has 0 amide bonds. The van der Waals surface area contributed by atoms with E-state index in [0.29, 0.717) is 0 Å². The van der Waals surface area contributed by atoms with Crippen molar-refractivity contribution in [3.63, 3.8) is 0 Å². The maximum Gasteiger partial charge on any atom is 0.183 e. The molecule has 3 heteroatoms. The summed E-state index contributed by atoms with van der Waals surface area (Å²) in [5.74, 6) is 2.25. The topological polar surface area (TPSA) is 9.23 Å². The highest BCUT2D eigenvalue weighted by molar-refractivity contribution is 7.99. The summed E-state index contributed by atoms with van der Waals surface area (Å²) in [6, 6.07) is 0.849. The van der Waals surface area contributed by atoms with E-state index >= 15 is 0 Å². The number of hydrogen-bond acceptors (Lipinski definition) is 2. The predicted molar refractivity (Wildman–Crippen MR) is 112 cm³/mol. The van der Waals surface area contributed by atoms with E-state index in [2.05, 4.69) is 32.6 Å². The third-order valence-electron chi connectivity index (χ3n) is 3.74. The average Bonchev–Trinajstić information content (AvgIpc) is 2.51. The lowest BCUT2D eigenvalue weighted by molar-refractivity contribution is 0.299. The van der Waals surface area contributed by atoms with Crippen molar-refractivity contribution >= 4 is 20.1 Å². The Hall–Kier alpha value is 0.267. The normalized spacial score (nSPS) is 13.4. The Bertz CT molecular complexity index is 303. The van der Waals surface area contributed by atoms with Crippen LogP contribution in [0.2, 0.25) is 19.6 Å². The summed E-state index contributed by atoms with van der Waals surface area (Å²) in [4.78, 5) is 0. The third kappa shape index (κ3) is 22.3. The second-order valence-corrected chi connectivity index (χ2v) is 13.0. The molecule has 0 atom stereocenters. The first kappa shape index (κ1) is 21.3. The molecule has 0 aromatic heterocycles. The van der Waals surface area contributed by atoms with E-state index in [9.17, 15) is 0 Å². The van der Waals surface area contributed by atoms with Crippen LogP contribution in [0.4, 0.5) is 0 Å². The van der Waals surface area contributed by atoms with Crippen molar-refractivity contribution in [1.82, 2.24) is 0 Å². The maximum atomic E-state index is 7.97. The van der Waals surface area contributed by atoms with Gasteiger partial charge in [-0.2, -0.15) is 11.8 Å². The molecule has 0 rings (SSSR count). The standard InChI is InChI=1S/C20H42OSSi/c1-5-6-7-8-9-10-11-13-16-19-22-20-17-14-12-15-18-21-23(2,3)4/h13,16H,5-12,14-15,17-20H2,1-4H3/b16-13-/i13D. The van der Waals surface area contributed by atoms with Gasteiger partial charge in [0.25, 0.3) is 0 Å². The first-order valence-corrected chi connectivity index (χ1v) is 14.4. The highest BCUT2D eigenvalue weighted by Crippen LogP contribution is 2.11. The van der Waals surface area contributed by atoms with Gasteiger partial charge in [0.15, 0.2) is 8.32 Å². The van der Waals surface area contributed by atoms with Crippen molar-refractivity contribution < 1.29 is 5.80 Å². The van der Waals surface area contributed by atoms with Gasteiger partial charge in [0.2, 0.25) is 0 Å². The van der Waals surface area contributed by atoms with Crippen LogP contribution in [0.15, 0.2) is 12.1 Å². The minimum atomic E-state index is -1.30. The van der Waals surface area contributed by atoms with Crippen LogP contribution >= 0.6 is 11.8 Å². The molecule has 138 valence electrons. The fourth-order valence-electron chi connectivity index (χ4n) is 2.35. The second-order valence-electron chi connectivity index (χ2n) is 7.38.